The predicted octanol–water partition coefficient (Wildman–Crippen LogP) is 3.73. The van der Waals surface area contributed by atoms with Crippen LogP contribution in [0.25, 0.3) is 0 Å². The third kappa shape index (κ3) is 3.73. The molecule has 5 heteroatoms. The van der Waals surface area contributed by atoms with Crippen LogP contribution in [0.3, 0.4) is 0 Å². The van der Waals surface area contributed by atoms with Crippen molar-refractivity contribution in [2.24, 2.45) is 5.41 Å². The van der Waals surface area contributed by atoms with Crippen molar-refractivity contribution in [1.82, 2.24) is 20.0 Å². The summed E-state index contributed by atoms with van der Waals surface area (Å²) < 4.78 is 0. The van der Waals surface area contributed by atoms with Gasteiger partial charge in [0.25, 0.3) is 5.91 Å². The summed E-state index contributed by atoms with van der Waals surface area (Å²) in [6.45, 7) is 7.20. The van der Waals surface area contributed by atoms with Crippen LogP contribution >= 0.6 is 0 Å². The fraction of sp³-hybridized carbons (Fsp3) is 0.583. The number of carbonyl (C=O) groups is 1. The smallest absolute Gasteiger partial charge is 0.274 e. The first-order chi connectivity index (χ1) is 14.1. The van der Waals surface area contributed by atoms with Gasteiger partial charge in [-0.2, -0.15) is 5.10 Å². The number of nitrogens with one attached hydrogen (secondary N) is 1. The third-order valence-corrected chi connectivity index (χ3v) is 7.21. The van der Waals surface area contributed by atoms with Gasteiger partial charge in [0.05, 0.1) is 0 Å². The highest BCUT2D eigenvalue weighted by Crippen LogP contribution is 2.40. The predicted molar refractivity (Wildman–Crippen MR) is 114 cm³/mol. The highest BCUT2D eigenvalue weighted by molar-refractivity contribution is 5.94. The molecular formula is C24H32N4O. The number of amides is 1. The van der Waals surface area contributed by atoms with Crippen LogP contribution in [-0.2, 0) is 19.4 Å². The molecule has 2 aliphatic heterocycles. The minimum absolute atomic E-state index is 0.150. The van der Waals surface area contributed by atoms with E-state index in [4.69, 9.17) is 0 Å². The second kappa shape index (κ2) is 7.60. The average Bonchev–Trinajstić information content (AvgIpc) is 3.32. The highest BCUT2D eigenvalue weighted by atomic mass is 16.2. The molecule has 1 spiro atoms. The van der Waals surface area contributed by atoms with Crippen molar-refractivity contribution < 1.29 is 4.79 Å². The minimum Gasteiger partial charge on any atom is -0.337 e. The summed E-state index contributed by atoms with van der Waals surface area (Å²) >= 11 is 0. The van der Waals surface area contributed by atoms with E-state index in [1.807, 2.05) is 0 Å². The SMILES string of the molecule is Cc1cccc(CN2CCCC3(CCN(C(=O)c4n[nH]c5c4CCCC5)C3)C2)c1. The maximum Gasteiger partial charge on any atom is 0.274 e. The number of rotatable bonds is 3. The molecule has 1 atom stereocenters. The molecule has 3 heterocycles. The van der Waals surface area contributed by atoms with Gasteiger partial charge < -0.3 is 4.90 Å². The molecule has 1 N–H and O–H groups in total. The zero-order valence-corrected chi connectivity index (χ0v) is 17.5. The van der Waals surface area contributed by atoms with Gasteiger partial charge in [0.1, 0.15) is 0 Å². The molecule has 2 saturated heterocycles. The van der Waals surface area contributed by atoms with Crippen molar-refractivity contribution in [2.75, 3.05) is 26.2 Å². The van der Waals surface area contributed by atoms with E-state index in [-0.39, 0.29) is 11.3 Å². The van der Waals surface area contributed by atoms with Gasteiger partial charge in [-0.1, -0.05) is 29.8 Å². The number of hydrogen-bond acceptors (Lipinski definition) is 3. The Balaban J connectivity index is 1.26. The largest absolute Gasteiger partial charge is 0.337 e. The molecule has 29 heavy (non-hydrogen) atoms. The van der Waals surface area contributed by atoms with Crippen LogP contribution in [-0.4, -0.2) is 52.1 Å². The fourth-order valence-electron chi connectivity index (χ4n) is 5.76. The summed E-state index contributed by atoms with van der Waals surface area (Å²) in [7, 11) is 0. The number of benzene rings is 1. The topological polar surface area (TPSA) is 52.2 Å². The van der Waals surface area contributed by atoms with Gasteiger partial charge >= 0.3 is 0 Å². The first kappa shape index (κ1) is 18.9. The Morgan fingerprint density at radius 2 is 2.03 bits per heavy atom. The lowest BCUT2D eigenvalue weighted by Gasteiger charge is -2.40. The van der Waals surface area contributed by atoms with Crippen molar-refractivity contribution in [3.63, 3.8) is 0 Å². The summed E-state index contributed by atoms with van der Waals surface area (Å²) in [6, 6.07) is 8.85. The van der Waals surface area contributed by atoms with Crippen LogP contribution in [0, 0.1) is 12.3 Å². The summed E-state index contributed by atoms with van der Waals surface area (Å²) in [5, 5.41) is 7.56. The zero-order valence-electron chi connectivity index (χ0n) is 17.5. The third-order valence-electron chi connectivity index (χ3n) is 7.21. The number of piperidine rings is 1. The minimum atomic E-state index is 0.150. The Hall–Kier alpha value is -2.14. The van der Waals surface area contributed by atoms with E-state index in [0.29, 0.717) is 5.69 Å². The molecule has 2 fully saturated rings. The molecule has 1 unspecified atom stereocenters. The second-order valence-corrected chi connectivity index (χ2v) is 9.52. The van der Waals surface area contributed by atoms with Crippen molar-refractivity contribution in [2.45, 2.75) is 58.4 Å². The summed E-state index contributed by atoms with van der Waals surface area (Å²) in [6.07, 6.45) is 7.99. The van der Waals surface area contributed by atoms with Crippen LogP contribution in [0.1, 0.15) is 65.0 Å². The van der Waals surface area contributed by atoms with Crippen molar-refractivity contribution in [3.05, 3.63) is 52.3 Å². The molecule has 2 aromatic rings. The lowest BCUT2D eigenvalue weighted by Crippen LogP contribution is -2.45. The standard InChI is InChI=1S/C24H32N4O/c1-18-6-4-7-19(14-18)15-27-12-5-10-24(16-27)11-13-28(17-24)23(29)22-20-8-2-3-9-21(20)25-26-22/h4,6-7,14H,2-3,5,8-13,15-17H2,1H3,(H,25,26). The first-order valence-electron chi connectivity index (χ1n) is 11.3. The Morgan fingerprint density at radius 3 is 2.93 bits per heavy atom. The Morgan fingerprint density at radius 1 is 1.14 bits per heavy atom. The van der Waals surface area contributed by atoms with Gasteiger partial charge in [-0.15, -0.1) is 0 Å². The van der Waals surface area contributed by atoms with E-state index in [9.17, 15) is 4.79 Å². The lowest BCUT2D eigenvalue weighted by atomic mass is 9.79. The van der Waals surface area contributed by atoms with Gasteiger partial charge in [0.15, 0.2) is 5.69 Å². The van der Waals surface area contributed by atoms with E-state index in [0.717, 1.165) is 52.0 Å². The number of hydrogen-bond donors (Lipinski definition) is 1. The van der Waals surface area contributed by atoms with E-state index in [1.165, 1.54) is 48.1 Å². The number of likely N-dealkylation sites (tertiary alicyclic amines) is 2. The lowest BCUT2D eigenvalue weighted by molar-refractivity contribution is 0.0670. The van der Waals surface area contributed by atoms with Crippen LogP contribution in [0.2, 0.25) is 0 Å². The monoisotopic (exact) mass is 392 g/mol. The Kier molecular flexibility index (Phi) is 4.94. The normalized spacial score (nSPS) is 24.8. The summed E-state index contributed by atoms with van der Waals surface area (Å²) in [4.78, 5) is 17.9. The molecule has 5 rings (SSSR count). The molecule has 5 nitrogen and oxygen atoms in total. The Labute approximate surface area is 173 Å². The summed E-state index contributed by atoms with van der Waals surface area (Å²) in [5.41, 5.74) is 6.06. The fourth-order valence-corrected chi connectivity index (χ4v) is 5.76. The van der Waals surface area contributed by atoms with Crippen molar-refractivity contribution in [3.8, 4) is 0 Å². The van der Waals surface area contributed by atoms with E-state index in [2.05, 4.69) is 51.2 Å². The van der Waals surface area contributed by atoms with Gasteiger partial charge in [0.2, 0.25) is 0 Å². The maximum absolute atomic E-state index is 13.2. The molecule has 3 aliphatic rings. The van der Waals surface area contributed by atoms with Crippen LogP contribution in [0.15, 0.2) is 24.3 Å². The molecular weight excluding hydrogens is 360 g/mol. The number of fused-ring (bicyclic) bond motifs is 1. The van der Waals surface area contributed by atoms with Crippen molar-refractivity contribution >= 4 is 5.91 Å². The molecule has 1 aromatic carbocycles. The summed E-state index contributed by atoms with van der Waals surface area (Å²) in [5.74, 6) is 0.150. The van der Waals surface area contributed by atoms with E-state index < -0.39 is 0 Å². The molecule has 1 aromatic heterocycles. The molecule has 154 valence electrons. The number of carbonyl (C=O) groups excluding carboxylic acids is 1. The molecule has 1 aliphatic carbocycles. The maximum atomic E-state index is 13.2. The van der Waals surface area contributed by atoms with Gasteiger partial charge in [-0.05, 0) is 64.0 Å². The van der Waals surface area contributed by atoms with Gasteiger partial charge in [0, 0.05) is 42.9 Å². The van der Waals surface area contributed by atoms with Gasteiger partial charge in [-0.25, -0.2) is 0 Å². The second-order valence-electron chi connectivity index (χ2n) is 9.52. The van der Waals surface area contributed by atoms with Gasteiger partial charge in [-0.3, -0.25) is 14.8 Å². The first-order valence-corrected chi connectivity index (χ1v) is 11.3. The molecule has 1 amide bonds. The zero-order chi connectivity index (χ0) is 19.8. The molecule has 0 bridgehead atoms. The van der Waals surface area contributed by atoms with E-state index in [1.54, 1.807) is 0 Å². The van der Waals surface area contributed by atoms with Crippen LogP contribution in [0.4, 0.5) is 0 Å². The highest BCUT2D eigenvalue weighted by Gasteiger charge is 2.43. The van der Waals surface area contributed by atoms with Crippen molar-refractivity contribution in [1.29, 1.82) is 0 Å². The number of aromatic amines is 1. The number of H-pyrrole nitrogens is 1. The average molecular weight is 393 g/mol. The molecule has 0 saturated carbocycles. The van der Waals surface area contributed by atoms with Crippen LogP contribution in [0.5, 0.6) is 0 Å². The Bertz CT molecular complexity index is 904. The quantitative estimate of drug-likeness (QED) is 0.866. The molecule has 0 radical (unpaired) electrons. The number of aromatic nitrogens is 2. The van der Waals surface area contributed by atoms with E-state index >= 15 is 0 Å². The number of aryl methyl sites for hydroxylation is 2. The number of nitrogens with zero attached hydrogens (tertiary/aromatic N) is 3. The van der Waals surface area contributed by atoms with Crippen LogP contribution < -0.4 is 0 Å².